The second kappa shape index (κ2) is 9.30. The zero-order valence-corrected chi connectivity index (χ0v) is 15.7. The van der Waals surface area contributed by atoms with Crippen LogP contribution in [0, 0.1) is 5.82 Å². The minimum absolute atomic E-state index is 0.0911. The molecule has 0 aliphatic carbocycles. The fourth-order valence-corrected chi connectivity index (χ4v) is 3.15. The highest BCUT2D eigenvalue weighted by Crippen LogP contribution is 2.24. The largest absolute Gasteiger partial charge is 0.494 e. The Morgan fingerprint density at radius 1 is 1.31 bits per heavy atom. The van der Waals surface area contributed by atoms with E-state index in [0.29, 0.717) is 17.1 Å². The van der Waals surface area contributed by atoms with Crippen molar-refractivity contribution in [3.05, 3.63) is 46.6 Å². The Kier molecular flexibility index (Phi) is 7.11. The van der Waals surface area contributed by atoms with Gasteiger partial charge in [-0.25, -0.2) is 9.18 Å². The van der Waals surface area contributed by atoms with E-state index in [9.17, 15) is 14.0 Å². The number of carbonyl (C=O) groups is 2. The lowest BCUT2D eigenvalue weighted by atomic mass is 10.2. The van der Waals surface area contributed by atoms with Crippen molar-refractivity contribution in [1.82, 2.24) is 4.90 Å². The van der Waals surface area contributed by atoms with Gasteiger partial charge in [-0.1, -0.05) is 6.07 Å². The van der Waals surface area contributed by atoms with Crippen LogP contribution in [0.1, 0.15) is 22.8 Å². The zero-order valence-electron chi connectivity index (χ0n) is 14.9. The summed E-state index contributed by atoms with van der Waals surface area (Å²) in [5.74, 6) is -1.00. The molecule has 1 N–H and O–H groups in total. The summed E-state index contributed by atoms with van der Waals surface area (Å²) in [6.45, 7) is 2.47. The maximum Gasteiger partial charge on any atom is 0.341 e. The van der Waals surface area contributed by atoms with Crippen molar-refractivity contribution in [2.75, 3.05) is 32.6 Å². The van der Waals surface area contributed by atoms with E-state index >= 15 is 0 Å². The van der Waals surface area contributed by atoms with Crippen LogP contribution < -0.4 is 10.1 Å². The number of benzene rings is 1. The van der Waals surface area contributed by atoms with E-state index in [1.807, 2.05) is 0 Å². The molecule has 1 amide bonds. The number of hydrogen-bond acceptors (Lipinski definition) is 6. The van der Waals surface area contributed by atoms with Crippen molar-refractivity contribution in [1.29, 1.82) is 0 Å². The van der Waals surface area contributed by atoms with Crippen LogP contribution in [0.5, 0.6) is 5.75 Å². The quantitative estimate of drug-likeness (QED) is 0.713. The number of amides is 1. The van der Waals surface area contributed by atoms with Gasteiger partial charge in [-0.2, -0.15) is 0 Å². The van der Waals surface area contributed by atoms with Gasteiger partial charge in [0.1, 0.15) is 5.00 Å². The van der Waals surface area contributed by atoms with E-state index in [4.69, 9.17) is 9.47 Å². The van der Waals surface area contributed by atoms with Gasteiger partial charge in [0.15, 0.2) is 11.6 Å². The molecule has 8 heteroatoms. The molecule has 0 aliphatic heterocycles. The van der Waals surface area contributed by atoms with E-state index in [2.05, 4.69) is 5.32 Å². The third-order valence-corrected chi connectivity index (χ3v) is 4.33. The van der Waals surface area contributed by atoms with Gasteiger partial charge in [0, 0.05) is 6.54 Å². The molecule has 0 spiro atoms. The third kappa shape index (κ3) is 5.27. The highest BCUT2D eigenvalue weighted by molar-refractivity contribution is 7.14. The average molecular weight is 380 g/mol. The Hall–Kier alpha value is -2.45. The van der Waals surface area contributed by atoms with E-state index in [0.717, 1.165) is 5.56 Å². The molecular formula is C18H21FN2O4S. The molecule has 2 aromatic rings. The molecule has 0 aliphatic rings. The maximum atomic E-state index is 13.7. The van der Waals surface area contributed by atoms with Gasteiger partial charge in [-0.05, 0) is 43.1 Å². The Bertz CT molecular complexity index is 778. The van der Waals surface area contributed by atoms with Crippen LogP contribution in [0.25, 0.3) is 0 Å². The Labute approximate surface area is 155 Å². The van der Waals surface area contributed by atoms with Crippen LogP contribution in [0.15, 0.2) is 29.6 Å². The number of halogens is 1. The van der Waals surface area contributed by atoms with Gasteiger partial charge in [-0.3, -0.25) is 9.69 Å². The summed E-state index contributed by atoms with van der Waals surface area (Å²) >= 11 is 1.25. The van der Waals surface area contributed by atoms with Crippen molar-refractivity contribution in [3.8, 4) is 5.75 Å². The van der Waals surface area contributed by atoms with Crippen LogP contribution in [-0.2, 0) is 16.1 Å². The first kappa shape index (κ1) is 19.9. The molecular weight excluding hydrogens is 359 g/mol. The lowest BCUT2D eigenvalue weighted by Crippen LogP contribution is -2.30. The summed E-state index contributed by atoms with van der Waals surface area (Å²) in [6.07, 6.45) is 0. The molecule has 1 aromatic heterocycles. The highest BCUT2D eigenvalue weighted by Gasteiger charge is 2.17. The summed E-state index contributed by atoms with van der Waals surface area (Å²) in [5.41, 5.74) is 1.06. The van der Waals surface area contributed by atoms with Crippen LogP contribution in [-0.4, -0.2) is 44.1 Å². The monoisotopic (exact) mass is 380 g/mol. The molecule has 140 valence electrons. The standard InChI is InChI=1S/C18H21FN2O4S/c1-4-25-18(23)13-7-8-26-17(13)20-16(22)11-21(2)10-12-5-6-15(24-3)14(19)9-12/h5-9H,4,10-11H2,1-3H3,(H,20,22). The minimum atomic E-state index is -0.467. The molecule has 0 saturated carbocycles. The summed E-state index contributed by atoms with van der Waals surface area (Å²) in [6, 6.07) is 6.29. The number of likely N-dealkylation sites (N-methyl/N-ethyl adjacent to an activating group) is 1. The normalized spacial score (nSPS) is 10.7. The molecule has 0 bridgehead atoms. The maximum absolute atomic E-state index is 13.7. The highest BCUT2D eigenvalue weighted by atomic mass is 32.1. The number of rotatable bonds is 8. The first-order chi connectivity index (χ1) is 12.4. The number of thiophene rings is 1. The van der Waals surface area contributed by atoms with E-state index in [1.54, 1.807) is 42.5 Å². The van der Waals surface area contributed by atoms with Gasteiger partial charge >= 0.3 is 5.97 Å². The van der Waals surface area contributed by atoms with Gasteiger partial charge in [0.25, 0.3) is 0 Å². The van der Waals surface area contributed by atoms with Gasteiger partial charge < -0.3 is 14.8 Å². The van der Waals surface area contributed by atoms with Crippen LogP contribution in [0.2, 0.25) is 0 Å². The molecule has 0 saturated heterocycles. The molecule has 26 heavy (non-hydrogen) atoms. The number of esters is 1. The minimum Gasteiger partial charge on any atom is -0.494 e. The first-order valence-corrected chi connectivity index (χ1v) is 8.88. The fourth-order valence-electron chi connectivity index (χ4n) is 2.36. The number of ether oxygens (including phenoxy) is 2. The van der Waals surface area contributed by atoms with Crippen LogP contribution in [0.4, 0.5) is 9.39 Å². The molecule has 0 radical (unpaired) electrons. The second-order valence-electron chi connectivity index (χ2n) is 5.57. The Balaban J connectivity index is 1.92. The van der Waals surface area contributed by atoms with Crippen molar-refractivity contribution in [3.63, 3.8) is 0 Å². The SMILES string of the molecule is CCOC(=O)c1ccsc1NC(=O)CN(C)Cc1ccc(OC)c(F)c1. The molecule has 6 nitrogen and oxygen atoms in total. The topological polar surface area (TPSA) is 67.9 Å². The van der Waals surface area contributed by atoms with Crippen molar-refractivity contribution >= 4 is 28.2 Å². The molecule has 1 aromatic carbocycles. The van der Waals surface area contributed by atoms with E-state index < -0.39 is 11.8 Å². The zero-order chi connectivity index (χ0) is 19.1. The predicted molar refractivity (Wildman–Crippen MR) is 98.2 cm³/mol. The fraction of sp³-hybridized carbons (Fsp3) is 0.333. The Morgan fingerprint density at radius 3 is 2.73 bits per heavy atom. The molecule has 2 rings (SSSR count). The lowest BCUT2D eigenvalue weighted by molar-refractivity contribution is -0.117. The number of carbonyl (C=O) groups excluding carboxylic acids is 2. The van der Waals surface area contributed by atoms with E-state index in [-0.39, 0.29) is 24.8 Å². The summed E-state index contributed by atoms with van der Waals surface area (Å²) in [5, 5.41) is 4.89. The van der Waals surface area contributed by atoms with E-state index in [1.165, 1.54) is 24.5 Å². The number of nitrogens with one attached hydrogen (secondary N) is 1. The van der Waals surface area contributed by atoms with Crippen LogP contribution >= 0.6 is 11.3 Å². The summed E-state index contributed by atoms with van der Waals surface area (Å²) in [4.78, 5) is 25.8. The van der Waals surface area contributed by atoms with Gasteiger partial charge in [0.05, 0.1) is 25.8 Å². The molecule has 0 atom stereocenters. The molecule has 0 unspecified atom stereocenters. The number of anilines is 1. The van der Waals surface area contributed by atoms with Crippen molar-refractivity contribution < 1.29 is 23.5 Å². The van der Waals surface area contributed by atoms with Gasteiger partial charge in [0.2, 0.25) is 5.91 Å². The smallest absolute Gasteiger partial charge is 0.341 e. The second-order valence-corrected chi connectivity index (χ2v) is 6.49. The average Bonchev–Trinajstić information content (AvgIpc) is 3.03. The van der Waals surface area contributed by atoms with Crippen LogP contribution in [0.3, 0.4) is 0 Å². The molecule has 1 heterocycles. The van der Waals surface area contributed by atoms with Gasteiger partial charge in [-0.15, -0.1) is 11.3 Å². The van der Waals surface area contributed by atoms with Crippen molar-refractivity contribution in [2.45, 2.75) is 13.5 Å². The summed E-state index contributed by atoms with van der Waals surface area (Å²) in [7, 11) is 3.16. The lowest BCUT2D eigenvalue weighted by Gasteiger charge is -2.16. The number of nitrogens with zero attached hydrogens (tertiary/aromatic N) is 1. The molecule has 0 fully saturated rings. The third-order valence-electron chi connectivity index (χ3n) is 3.50. The Morgan fingerprint density at radius 2 is 2.08 bits per heavy atom. The predicted octanol–water partition coefficient (Wildman–Crippen LogP) is 3.14. The summed E-state index contributed by atoms with van der Waals surface area (Å²) < 4.78 is 23.6. The number of methoxy groups -OCH3 is 1. The van der Waals surface area contributed by atoms with Crippen molar-refractivity contribution in [2.24, 2.45) is 0 Å². The number of hydrogen-bond donors (Lipinski definition) is 1. The first-order valence-electron chi connectivity index (χ1n) is 8.00.